The molecule has 1 aromatic heterocycles. The molecule has 40 heavy (non-hydrogen) atoms. The number of nitrogens with one attached hydrogen (secondary N) is 1. The molecule has 5 aromatic carbocycles. The first-order valence-corrected chi connectivity index (χ1v) is 15.2. The van der Waals surface area contributed by atoms with Crippen LogP contribution in [0.4, 0.5) is 11.4 Å². The molecule has 0 radical (unpaired) electrons. The van der Waals surface area contributed by atoms with Crippen LogP contribution in [0.2, 0.25) is 0 Å². The summed E-state index contributed by atoms with van der Waals surface area (Å²) in [6.07, 6.45) is 1.84. The maximum Gasteiger partial charge on any atom is 0.0957 e. The number of rotatable bonds is 7. The summed E-state index contributed by atoms with van der Waals surface area (Å²) in [7, 11) is -2.53. The maximum atomic E-state index is 5.71. The van der Waals surface area contributed by atoms with E-state index in [2.05, 4.69) is 158 Å². The fraction of sp³-hybridized carbons (Fsp3) is 0.0278. The maximum absolute atomic E-state index is 5.71. The average molecular weight is 536 g/mol. The number of anilines is 1. The van der Waals surface area contributed by atoms with E-state index in [1.165, 1.54) is 16.2 Å². The van der Waals surface area contributed by atoms with Crippen LogP contribution in [0, 0.1) is 6.92 Å². The van der Waals surface area contributed by atoms with E-state index in [4.69, 9.17) is 9.73 Å². The summed E-state index contributed by atoms with van der Waals surface area (Å²) in [5.74, 6) is 2.37. The third-order valence-corrected chi connectivity index (χ3v) is 10.2. The quantitative estimate of drug-likeness (QED) is 0.207. The molecule has 1 N–H and O–H groups in total. The fourth-order valence-electron chi connectivity index (χ4n) is 4.87. The molecule has 0 bridgehead atoms. The molecular formula is C36H30N3P. The lowest BCUT2D eigenvalue weighted by Crippen LogP contribution is -2.15. The normalized spacial score (nSPS) is 11.8. The summed E-state index contributed by atoms with van der Waals surface area (Å²) in [5, 5.41) is 7.18. The third-order valence-electron chi connectivity index (χ3n) is 6.91. The van der Waals surface area contributed by atoms with Gasteiger partial charge in [0.05, 0.1) is 18.3 Å². The van der Waals surface area contributed by atoms with Crippen molar-refractivity contribution in [3.8, 4) is 0 Å². The fourth-order valence-corrected chi connectivity index (χ4v) is 8.09. The summed E-state index contributed by atoms with van der Waals surface area (Å²) >= 11 is 0. The van der Waals surface area contributed by atoms with Gasteiger partial charge in [0.25, 0.3) is 0 Å². The number of nitrogens with zero attached hydrogens (tertiary/aromatic N) is 2. The topological polar surface area (TPSA) is 37.3 Å². The zero-order chi connectivity index (χ0) is 27.2. The number of benzene rings is 5. The van der Waals surface area contributed by atoms with E-state index in [1.807, 2.05) is 12.3 Å². The molecule has 3 nitrogen and oxygen atoms in total. The molecule has 0 fully saturated rings. The number of hydrogen-bond donors (Lipinski definition) is 1. The number of para-hydroxylation sites is 1. The van der Waals surface area contributed by atoms with Crippen LogP contribution in [0.3, 0.4) is 0 Å². The van der Waals surface area contributed by atoms with Gasteiger partial charge in [0.2, 0.25) is 0 Å². The number of aryl methyl sites for hydroxylation is 1. The van der Waals surface area contributed by atoms with Crippen molar-refractivity contribution in [2.24, 2.45) is 4.74 Å². The molecular weight excluding hydrogens is 505 g/mol. The molecule has 0 unspecified atom stereocenters. The van der Waals surface area contributed by atoms with Gasteiger partial charge >= 0.3 is 0 Å². The van der Waals surface area contributed by atoms with Crippen molar-refractivity contribution in [2.45, 2.75) is 6.92 Å². The highest BCUT2D eigenvalue weighted by Gasteiger charge is 2.25. The monoisotopic (exact) mass is 535 g/mol. The first-order chi connectivity index (χ1) is 19.7. The van der Waals surface area contributed by atoms with Gasteiger partial charge in [0.15, 0.2) is 0 Å². The Hall–Kier alpha value is -4.72. The van der Waals surface area contributed by atoms with Gasteiger partial charge in [0.1, 0.15) is 0 Å². The summed E-state index contributed by atoms with van der Waals surface area (Å²) in [5.41, 5.74) is 6.17. The van der Waals surface area contributed by atoms with Crippen molar-refractivity contribution in [1.29, 1.82) is 0 Å². The number of fused-ring (bicyclic) bond motifs is 1. The molecule has 6 rings (SSSR count). The Labute approximate surface area is 236 Å². The Bertz CT molecular complexity index is 1760. The highest BCUT2D eigenvalue weighted by atomic mass is 31.2. The lowest BCUT2D eigenvalue weighted by atomic mass is 10.1. The van der Waals surface area contributed by atoms with Gasteiger partial charge in [-0.05, 0) is 42.6 Å². The van der Waals surface area contributed by atoms with Crippen LogP contribution in [-0.4, -0.2) is 4.98 Å². The third kappa shape index (κ3) is 5.38. The molecule has 6 aromatic rings. The van der Waals surface area contributed by atoms with E-state index < -0.39 is 7.05 Å². The first kappa shape index (κ1) is 25.6. The van der Waals surface area contributed by atoms with Crippen LogP contribution in [0.15, 0.2) is 162 Å². The Kier molecular flexibility index (Phi) is 7.39. The van der Waals surface area contributed by atoms with Crippen molar-refractivity contribution in [3.63, 3.8) is 0 Å². The standard InChI is InChI=1S/C36H30N3P/c1-28-22-24-31(25-23-28)38-35(29-13-5-2-6-14-29)27-40(32-17-7-3-8-18-32,33-19-9-4-10-20-33)39-34-21-11-15-30-16-12-26-37-36(30)34/h2-27,38H,1H3/b35-27-. The summed E-state index contributed by atoms with van der Waals surface area (Å²) in [4.78, 5) is 4.75. The smallest absolute Gasteiger partial charge is 0.0957 e. The Morgan fingerprint density at radius 1 is 0.650 bits per heavy atom. The molecule has 0 aliphatic rings. The highest BCUT2D eigenvalue weighted by molar-refractivity contribution is 7.83. The minimum atomic E-state index is -2.53. The van der Waals surface area contributed by atoms with Crippen LogP contribution >= 0.6 is 7.05 Å². The average Bonchev–Trinajstić information content (AvgIpc) is 3.03. The van der Waals surface area contributed by atoms with Gasteiger partial charge < -0.3 is 5.32 Å². The predicted molar refractivity (Wildman–Crippen MR) is 172 cm³/mol. The van der Waals surface area contributed by atoms with E-state index in [0.29, 0.717) is 0 Å². The van der Waals surface area contributed by atoms with Gasteiger partial charge in [0, 0.05) is 33.6 Å². The summed E-state index contributed by atoms with van der Waals surface area (Å²) in [6, 6.07) is 50.7. The molecule has 0 aliphatic heterocycles. The van der Waals surface area contributed by atoms with Crippen molar-refractivity contribution < 1.29 is 0 Å². The van der Waals surface area contributed by atoms with Gasteiger partial charge in [-0.2, -0.15) is 0 Å². The van der Waals surface area contributed by atoms with Gasteiger partial charge in [-0.15, -0.1) is 0 Å². The van der Waals surface area contributed by atoms with Crippen molar-refractivity contribution >= 4 is 45.6 Å². The van der Waals surface area contributed by atoms with E-state index in [1.54, 1.807) is 0 Å². The van der Waals surface area contributed by atoms with Gasteiger partial charge in [-0.25, -0.2) is 0 Å². The Morgan fingerprint density at radius 2 is 1.25 bits per heavy atom. The molecule has 0 saturated carbocycles. The molecule has 0 atom stereocenters. The van der Waals surface area contributed by atoms with Crippen LogP contribution < -0.4 is 15.9 Å². The molecule has 0 saturated heterocycles. The second-order valence-electron chi connectivity index (χ2n) is 9.71. The van der Waals surface area contributed by atoms with Crippen molar-refractivity contribution in [3.05, 3.63) is 169 Å². The van der Waals surface area contributed by atoms with Crippen LogP contribution in [0.25, 0.3) is 16.6 Å². The van der Waals surface area contributed by atoms with Crippen molar-refractivity contribution in [1.82, 2.24) is 4.98 Å². The lowest BCUT2D eigenvalue weighted by molar-refractivity contribution is 1.40. The second-order valence-corrected chi connectivity index (χ2v) is 12.6. The number of aromatic nitrogens is 1. The van der Waals surface area contributed by atoms with Gasteiger partial charge in [-0.3, -0.25) is 9.73 Å². The highest BCUT2D eigenvalue weighted by Crippen LogP contribution is 2.54. The molecule has 0 amide bonds. The van der Waals surface area contributed by atoms with Crippen LogP contribution in [-0.2, 0) is 0 Å². The van der Waals surface area contributed by atoms with Gasteiger partial charge in [-0.1, -0.05) is 127 Å². The van der Waals surface area contributed by atoms with E-state index >= 15 is 0 Å². The number of pyridine rings is 1. The molecule has 194 valence electrons. The van der Waals surface area contributed by atoms with E-state index in [0.717, 1.165) is 33.5 Å². The summed E-state index contributed by atoms with van der Waals surface area (Å²) < 4.78 is 5.71. The lowest BCUT2D eigenvalue weighted by Gasteiger charge is -2.25. The minimum Gasteiger partial charge on any atom is -0.355 e. The minimum absolute atomic E-state index is 0.887. The first-order valence-electron chi connectivity index (χ1n) is 13.4. The molecule has 1 heterocycles. The Morgan fingerprint density at radius 3 is 1.90 bits per heavy atom. The predicted octanol–water partition coefficient (Wildman–Crippen LogP) is 9.14. The van der Waals surface area contributed by atoms with E-state index in [-0.39, 0.29) is 0 Å². The number of hydrogen-bond acceptors (Lipinski definition) is 3. The molecule has 0 aliphatic carbocycles. The SMILES string of the molecule is Cc1ccc(N/C(=C\P(=Nc2cccc3cccnc23)(c2ccccc2)c2ccccc2)c2ccccc2)cc1. The Balaban J connectivity index is 1.70. The van der Waals surface area contributed by atoms with Crippen molar-refractivity contribution in [2.75, 3.05) is 5.32 Å². The zero-order valence-corrected chi connectivity index (χ0v) is 23.2. The van der Waals surface area contributed by atoms with E-state index in [9.17, 15) is 0 Å². The van der Waals surface area contributed by atoms with Crippen LogP contribution in [0.1, 0.15) is 11.1 Å². The largest absolute Gasteiger partial charge is 0.355 e. The van der Waals surface area contributed by atoms with Crippen LogP contribution in [0.5, 0.6) is 0 Å². The summed E-state index contributed by atoms with van der Waals surface area (Å²) in [6.45, 7) is 2.11. The zero-order valence-electron chi connectivity index (χ0n) is 22.4. The molecule has 0 spiro atoms. The second kappa shape index (κ2) is 11.6. The molecule has 4 heteroatoms.